The highest BCUT2D eigenvalue weighted by atomic mass is 32.1. The Morgan fingerprint density at radius 2 is 2.29 bits per heavy atom. The average molecular weight is 258 g/mol. The van der Waals surface area contributed by atoms with E-state index in [0.29, 0.717) is 13.0 Å². The second kappa shape index (κ2) is 6.97. The van der Waals surface area contributed by atoms with Gasteiger partial charge in [-0.05, 0) is 6.92 Å². The Bertz CT molecular complexity index is 391. The molecule has 0 aliphatic heterocycles. The van der Waals surface area contributed by atoms with Crippen molar-refractivity contribution >= 4 is 23.2 Å². The van der Waals surface area contributed by atoms with Gasteiger partial charge in [-0.15, -0.1) is 11.3 Å². The summed E-state index contributed by atoms with van der Waals surface area (Å²) in [6, 6.07) is 0. The smallest absolute Gasteiger partial charge is 0.329 e. The molecule has 0 fully saturated rings. The van der Waals surface area contributed by atoms with Crippen molar-refractivity contribution in [1.29, 1.82) is 0 Å². The number of carboxylic acids is 1. The molecular weight excluding hydrogens is 244 g/mol. The molecule has 6 nitrogen and oxygen atoms in total. The molecule has 0 aliphatic carbocycles. The minimum atomic E-state index is -1.09. The lowest BCUT2D eigenvalue weighted by molar-refractivity contribution is -0.143. The lowest BCUT2D eigenvalue weighted by atomic mass is 10.4. The van der Waals surface area contributed by atoms with E-state index >= 15 is 0 Å². The molecule has 0 saturated heterocycles. The average Bonchev–Trinajstić information content (AvgIpc) is 2.63. The SMILES string of the molecule is Cc1csc(CCNC(=O)COCC(=O)O)n1. The van der Waals surface area contributed by atoms with E-state index in [1.165, 1.54) is 0 Å². The maximum Gasteiger partial charge on any atom is 0.329 e. The third-order valence-corrected chi connectivity index (χ3v) is 2.81. The molecule has 1 aromatic heterocycles. The number of amides is 1. The van der Waals surface area contributed by atoms with Gasteiger partial charge < -0.3 is 15.2 Å². The van der Waals surface area contributed by atoms with E-state index in [2.05, 4.69) is 15.0 Å². The fourth-order valence-electron chi connectivity index (χ4n) is 1.11. The maximum atomic E-state index is 11.2. The first-order valence-electron chi connectivity index (χ1n) is 5.05. The van der Waals surface area contributed by atoms with Gasteiger partial charge in [0.05, 0.1) is 5.01 Å². The first kappa shape index (κ1) is 13.6. The molecule has 0 spiro atoms. The summed E-state index contributed by atoms with van der Waals surface area (Å²) < 4.78 is 4.64. The van der Waals surface area contributed by atoms with Gasteiger partial charge >= 0.3 is 5.97 Å². The van der Waals surface area contributed by atoms with E-state index in [1.54, 1.807) is 11.3 Å². The third-order valence-electron chi connectivity index (χ3n) is 1.79. The number of thiazole rings is 1. The summed E-state index contributed by atoms with van der Waals surface area (Å²) in [5, 5.41) is 13.8. The normalized spacial score (nSPS) is 10.2. The number of carbonyl (C=O) groups excluding carboxylic acids is 1. The molecular formula is C10H14N2O4S. The first-order chi connectivity index (χ1) is 8.08. The fourth-order valence-corrected chi connectivity index (χ4v) is 1.88. The van der Waals surface area contributed by atoms with Gasteiger partial charge in [0.1, 0.15) is 13.2 Å². The Hall–Kier alpha value is -1.47. The first-order valence-corrected chi connectivity index (χ1v) is 5.93. The molecule has 0 radical (unpaired) electrons. The molecule has 17 heavy (non-hydrogen) atoms. The third kappa shape index (κ3) is 5.98. The summed E-state index contributed by atoms with van der Waals surface area (Å²) in [6.07, 6.45) is 0.670. The van der Waals surface area contributed by atoms with Crippen molar-refractivity contribution in [2.45, 2.75) is 13.3 Å². The van der Waals surface area contributed by atoms with Crippen LogP contribution in [0.1, 0.15) is 10.7 Å². The van der Waals surface area contributed by atoms with Crippen LogP contribution in [-0.4, -0.2) is 41.7 Å². The number of aryl methyl sites for hydroxylation is 1. The van der Waals surface area contributed by atoms with Crippen LogP contribution in [0.25, 0.3) is 0 Å². The number of aliphatic carboxylic acids is 1. The van der Waals surface area contributed by atoms with Crippen LogP contribution < -0.4 is 5.32 Å². The van der Waals surface area contributed by atoms with Gasteiger partial charge in [-0.25, -0.2) is 9.78 Å². The zero-order chi connectivity index (χ0) is 12.7. The van der Waals surface area contributed by atoms with Gasteiger partial charge in [0.2, 0.25) is 5.91 Å². The van der Waals surface area contributed by atoms with Crippen molar-refractivity contribution in [2.24, 2.45) is 0 Å². The van der Waals surface area contributed by atoms with Crippen LogP contribution in [0.4, 0.5) is 0 Å². The van der Waals surface area contributed by atoms with Gasteiger partial charge in [-0.2, -0.15) is 0 Å². The van der Waals surface area contributed by atoms with Crippen LogP contribution >= 0.6 is 11.3 Å². The van der Waals surface area contributed by atoms with Gasteiger partial charge in [-0.1, -0.05) is 0 Å². The highest BCUT2D eigenvalue weighted by Crippen LogP contribution is 2.08. The van der Waals surface area contributed by atoms with Crippen molar-refractivity contribution in [3.63, 3.8) is 0 Å². The van der Waals surface area contributed by atoms with Crippen LogP contribution in [-0.2, 0) is 20.7 Å². The van der Waals surface area contributed by atoms with Crippen LogP contribution in [0.3, 0.4) is 0 Å². The number of rotatable bonds is 7. The number of hydrogen-bond donors (Lipinski definition) is 2. The summed E-state index contributed by atoms with van der Waals surface area (Å²) >= 11 is 1.55. The number of carboxylic acid groups (broad SMARTS) is 1. The Labute approximate surface area is 103 Å². The number of aromatic nitrogens is 1. The van der Waals surface area contributed by atoms with Crippen LogP contribution in [0.15, 0.2) is 5.38 Å². The standard InChI is InChI=1S/C10H14N2O4S/c1-7-6-17-9(12-7)2-3-11-8(13)4-16-5-10(14)15/h6H,2-5H2,1H3,(H,11,13)(H,14,15). The number of nitrogens with zero attached hydrogens (tertiary/aromatic N) is 1. The Morgan fingerprint density at radius 1 is 1.53 bits per heavy atom. The largest absolute Gasteiger partial charge is 0.480 e. The molecule has 0 aromatic carbocycles. The molecule has 0 bridgehead atoms. The summed E-state index contributed by atoms with van der Waals surface area (Å²) in [5.41, 5.74) is 0.973. The molecule has 0 atom stereocenters. The monoisotopic (exact) mass is 258 g/mol. The molecule has 0 unspecified atom stereocenters. The molecule has 7 heteroatoms. The Kier molecular flexibility index (Phi) is 5.58. The van der Waals surface area contributed by atoms with Gasteiger partial charge in [0.15, 0.2) is 0 Å². The zero-order valence-corrected chi connectivity index (χ0v) is 10.2. The van der Waals surface area contributed by atoms with Crippen LogP contribution in [0.5, 0.6) is 0 Å². The molecule has 0 aliphatic rings. The molecule has 2 N–H and O–H groups in total. The van der Waals surface area contributed by atoms with E-state index in [1.807, 2.05) is 12.3 Å². The quantitative estimate of drug-likeness (QED) is 0.730. The lowest BCUT2D eigenvalue weighted by Crippen LogP contribution is -2.30. The summed E-state index contributed by atoms with van der Waals surface area (Å²) in [7, 11) is 0. The number of nitrogens with one attached hydrogen (secondary N) is 1. The van der Waals surface area contributed by atoms with Gasteiger partial charge in [-0.3, -0.25) is 4.79 Å². The van der Waals surface area contributed by atoms with E-state index in [9.17, 15) is 9.59 Å². The zero-order valence-electron chi connectivity index (χ0n) is 9.43. The van der Waals surface area contributed by atoms with E-state index in [-0.39, 0.29) is 12.5 Å². The molecule has 1 amide bonds. The number of carbonyl (C=O) groups is 2. The Balaban J connectivity index is 2.10. The molecule has 1 aromatic rings. The van der Waals surface area contributed by atoms with Crippen LogP contribution in [0, 0.1) is 6.92 Å². The summed E-state index contributed by atoms with van der Waals surface area (Å²) in [4.78, 5) is 25.5. The summed E-state index contributed by atoms with van der Waals surface area (Å²) in [6.45, 7) is 1.70. The number of ether oxygens (including phenoxy) is 1. The predicted molar refractivity (Wildman–Crippen MR) is 62.0 cm³/mol. The molecule has 94 valence electrons. The summed E-state index contributed by atoms with van der Waals surface area (Å²) in [5.74, 6) is -1.41. The number of hydrogen-bond acceptors (Lipinski definition) is 5. The van der Waals surface area contributed by atoms with Gasteiger partial charge in [0, 0.05) is 24.0 Å². The van der Waals surface area contributed by atoms with Crippen molar-refractivity contribution < 1.29 is 19.4 Å². The van der Waals surface area contributed by atoms with Crippen molar-refractivity contribution in [3.8, 4) is 0 Å². The highest BCUT2D eigenvalue weighted by molar-refractivity contribution is 7.09. The predicted octanol–water partition coefficient (Wildman–Crippen LogP) is 0.211. The van der Waals surface area contributed by atoms with Crippen molar-refractivity contribution in [2.75, 3.05) is 19.8 Å². The molecule has 1 rings (SSSR count). The van der Waals surface area contributed by atoms with E-state index in [0.717, 1.165) is 10.7 Å². The second-order valence-electron chi connectivity index (χ2n) is 3.37. The molecule has 1 heterocycles. The topological polar surface area (TPSA) is 88.5 Å². The van der Waals surface area contributed by atoms with Crippen LogP contribution in [0.2, 0.25) is 0 Å². The van der Waals surface area contributed by atoms with E-state index < -0.39 is 12.6 Å². The lowest BCUT2D eigenvalue weighted by Gasteiger charge is -2.03. The Morgan fingerprint density at radius 3 is 2.88 bits per heavy atom. The minimum absolute atomic E-state index is 0.233. The molecule has 0 saturated carbocycles. The highest BCUT2D eigenvalue weighted by Gasteiger charge is 2.04. The van der Waals surface area contributed by atoms with E-state index in [4.69, 9.17) is 5.11 Å². The van der Waals surface area contributed by atoms with Gasteiger partial charge in [0.25, 0.3) is 0 Å². The van der Waals surface area contributed by atoms with Crippen molar-refractivity contribution in [1.82, 2.24) is 10.3 Å². The second-order valence-corrected chi connectivity index (χ2v) is 4.31. The fraction of sp³-hybridized carbons (Fsp3) is 0.500. The maximum absolute atomic E-state index is 11.2. The minimum Gasteiger partial charge on any atom is -0.480 e. The van der Waals surface area contributed by atoms with Crippen molar-refractivity contribution in [3.05, 3.63) is 16.1 Å².